The molecule has 6 heteroatoms. The molecular weight excluding hydrogens is 354 g/mol. The van der Waals surface area contributed by atoms with Crippen LogP contribution in [0.15, 0.2) is 79.3 Å². The van der Waals surface area contributed by atoms with E-state index >= 15 is 0 Å². The average Bonchev–Trinajstić information content (AvgIpc) is 2.75. The molecule has 4 rings (SSSR count). The van der Waals surface area contributed by atoms with Crippen LogP contribution in [0.4, 0.5) is 11.4 Å². The van der Waals surface area contributed by atoms with Crippen molar-refractivity contribution < 1.29 is 14.3 Å². The number of carbonyl (C=O) groups excluding carboxylic acids is 2. The van der Waals surface area contributed by atoms with Crippen LogP contribution in [0.5, 0.6) is 11.5 Å². The van der Waals surface area contributed by atoms with Crippen molar-refractivity contribution in [2.75, 3.05) is 5.32 Å². The quantitative estimate of drug-likeness (QED) is 0.305. The molecule has 0 saturated heterocycles. The van der Waals surface area contributed by atoms with E-state index in [1.54, 1.807) is 12.3 Å². The van der Waals surface area contributed by atoms with E-state index in [0.717, 1.165) is 11.4 Å². The van der Waals surface area contributed by atoms with Gasteiger partial charge in [0.1, 0.15) is 17.8 Å². The Morgan fingerprint density at radius 3 is 2.43 bits per heavy atom. The van der Waals surface area contributed by atoms with Crippen molar-refractivity contribution in [1.29, 1.82) is 0 Å². The number of rotatable bonds is 6. The Labute approximate surface area is 160 Å². The van der Waals surface area contributed by atoms with Gasteiger partial charge in [-0.1, -0.05) is 18.2 Å². The summed E-state index contributed by atoms with van der Waals surface area (Å²) in [7, 11) is 0. The van der Waals surface area contributed by atoms with Gasteiger partial charge in [0.05, 0.1) is 11.1 Å². The Morgan fingerprint density at radius 1 is 0.929 bits per heavy atom. The minimum Gasteiger partial charge on any atom is -0.457 e. The third-order valence-corrected chi connectivity index (χ3v) is 4.10. The molecule has 136 valence electrons. The van der Waals surface area contributed by atoms with E-state index in [9.17, 15) is 9.59 Å². The number of aldehydes is 1. The number of Topliss-reactive ketones (excluding diaryl/α,β-unsaturated/α-hetero) is 1. The standard InChI is InChI=1S/C22H15N3O3/c26-13-21(27)20-11-17(10-15-12-23-14-24-22(15)20)25-16-6-8-19(9-7-16)28-18-4-2-1-3-5-18/h1-14,25H. The Hall–Kier alpha value is -4.06. The number of anilines is 2. The topological polar surface area (TPSA) is 81.2 Å². The summed E-state index contributed by atoms with van der Waals surface area (Å²) in [5.74, 6) is 0.842. The van der Waals surface area contributed by atoms with Crippen molar-refractivity contribution in [3.63, 3.8) is 0 Å². The zero-order chi connectivity index (χ0) is 19.3. The Balaban J connectivity index is 1.59. The summed E-state index contributed by atoms with van der Waals surface area (Å²) in [6, 6.07) is 20.4. The summed E-state index contributed by atoms with van der Waals surface area (Å²) in [6.07, 6.45) is 3.24. The number of benzene rings is 3. The number of fused-ring (bicyclic) bond motifs is 1. The number of nitrogens with zero attached hydrogens (tertiary/aromatic N) is 2. The summed E-state index contributed by atoms with van der Waals surface area (Å²) < 4.78 is 5.78. The van der Waals surface area contributed by atoms with Crippen LogP contribution in [0.2, 0.25) is 0 Å². The summed E-state index contributed by atoms with van der Waals surface area (Å²) >= 11 is 0. The molecule has 0 aliphatic rings. The predicted molar refractivity (Wildman–Crippen MR) is 106 cm³/mol. The smallest absolute Gasteiger partial charge is 0.227 e. The molecule has 1 aromatic heterocycles. The van der Waals surface area contributed by atoms with Crippen molar-refractivity contribution in [1.82, 2.24) is 9.97 Å². The van der Waals surface area contributed by atoms with Gasteiger partial charge < -0.3 is 10.1 Å². The SMILES string of the molecule is O=CC(=O)c1cc(Nc2ccc(Oc3ccccc3)cc2)cc2cncnc12. The lowest BCUT2D eigenvalue weighted by Crippen LogP contribution is -2.04. The van der Waals surface area contributed by atoms with E-state index in [0.29, 0.717) is 22.3 Å². The minimum atomic E-state index is -0.626. The Morgan fingerprint density at radius 2 is 1.68 bits per heavy atom. The number of aromatic nitrogens is 2. The number of hydrogen-bond donors (Lipinski definition) is 1. The molecule has 0 aliphatic carbocycles. The average molecular weight is 369 g/mol. The molecule has 0 bridgehead atoms. The van der Waals surface area contributed by atoms with Crippen molar-refractivity contribution >= 4 is 34.3 Å². The number of para-hydroxylation sites is 1. The molecule has 0 aliphatic heterocycles. The molecule has 0 radical (unpaired) electrons. The number of carbonyl (C=O) groups is 2. The highest BCUT2D eigenvalue weighted by Crippen LogP contribution is 2.27. The lowest BCUT2D eigenvalue weighted by atomic mass is 10.1. The van der Waals surface area contributed by atoms with Crippen LogP contribution in [0.25, 0.3) is 10.9 Å². The van der Waals surface area contributed by atoms with Gasteiger partial charge in [-0.15, -0.1) is 0 Å². The highest BCUT2D eigenvalue weighted by molar-refractivity contribution is 6.36. The van der Waals surface area contributed by atoms with Crippen molar-refractivity contribution in [3.8, 4) is 11.5 Å². The van der Waals surface area contributed by atoms with Gasteiger partial charge in [0.15, 0.2) is 6.29 Å². The molecule has 3 aromatic carbocycles. The largest absolute Gasteiger partial charge is 0.457 e. The fraction of sp³-hybridized carbons (Fsp3) is 0. The Kier molecular flexibility index (Phi) is 4.76. The second-order valence-electron chi connectivity index (χ2n) is 6.03. The molecule has 4 aromatic rings. The summed E-state index contributed by atoms with van der Waals surface area (Å²) in [4.78, 5) is 31.1. The normalized spacial score (nSPS) is 10.4. The highest BCUT2D eigenvalue weighted by Gasteiger charge is 2.12. The second-order valence-corrected chi connectivity index (χ2v) is 6.03. The monoisotopic (exact) mass is 369 g/mol. The van der Waals surface area contributed by atoms with Gasteiger partial charge in [-0.2, -0.15) is 0 Å². The number of hydrogen-bond acceptors (Lipinski definition) is 6. The fourth-order valence-electron chi connectivity index (χ4n) is 2.83. The van der Waals surface area contributed by atoms with Crippen LogP contribution in [0, 0.1) is 0 Å². The molecule has 0 amide bonds. The van der Waals surface area contributed by atoms with Gasteiger partial charge in [0.2, 0.25) is 5.78 Å². The fourth-order valence-corrected chi connectivity index (χ4v) is 2.83. The van der Waals surface area contributed by atoms with E-state index in [4.69, 9.17) is 4.74 Å². The number of ether oxygens (including phenoxy) is 1. The first-order chi connectivity index (χ1) is 13.7. The molecule has 28 heavy (non-hydrogen) atoms. The first-order valence-electron chi connectivity index (χ1n) is 8.56. The van der Waals surface area contributed by atoms with Crippen molar-refractivity contribution in [2.45, 2.75) is 0 Å². The number of ketones is 1. The number of nitrogens with one attached hydrogen (secondary N) is 1. The van der Waals surface area contributed by atoms with Crippen molar-refractivity contribution in [3.05, 3.63) is 84.8 Å². The zero-order valence-electron chi connectivity index (χ0n) is 14.7. The minimum absolute atomic E-state index is 0.237. The lowest BCUT2D eigenvalue weighted by Gasteiger charge is -2.11. The van der Waals surface area contributed by atoms with Crippen LogP contribution >= 0.6 is 0 Å². The third-order valence-electron chi connectivity index (χ3n) is 4.10. The molecule has 0 atom stereocenters. The molecule has 0 spiro atoms. The van der Waals surface area contributed by atoms with E-state index < -0.39 is 5.78 Å². The summed E-state index contributed by atoms with van der Waals surface area (Å²) in [5.41, 5.74) is 2.15. The molecule has 0 unspecified atom stereocenters. The molecule has 0 saturated carbocycles. The second kappa shape index (κ2) is 7.67. The first kappa shape index (κ1) is 17.4. The highest BCUT2D eigenvalue weighted by atomic mass is 16.5. The maximum Gasteiger partial charge on any atom is 0.227 e. The van der Waals surface area contributed by atoms with Gasteiger partial charge in [-0.3, -0.25) is 9.59 Å². The first-order valence-corrected chi connectivity index (χ1v) is 8.56. The lowest BCUT2D eigenvalue weighted by molar-refractivity contribution is -0.104. The maximum atomic E-state index is 12.0. The van der Waals surface area contributed by atoms with Gasteiger partial charge in [-0.05, 0) is 48.5 Å². The van der Waals surface area contributed by atoms with E-state index in [1.807, 2.05) is 60.7 Å². The third kappa shape index (κ3) is 3.71. The van der Waals surface area contributed by atoms with Gasteiger partial charge in [0, 0.05) is 23.0 Å². The van der Waals surface area contributed by atoms with E-state index in [-0.39, 0.29) is 11.8 Å². The van der Waals surface area contributed by atoms with E-state index in [2.05, 4.69) is 15.3 Å². The summed E-state index contributed by atoms with van der Waals surface area (Å²) in [5, 5.41) is 3.90. The van der Waals surface area contributed by atoms with Gasteiger partial charge in [0.25, 0.3) is 0 Å². The van der Waals surface area contributed by atoms with Crippen LogP contribution in [0.3, 0.4) is 0 Å². The predicted octanol–water partition coefficient (Wildman–Crippen LogP) is 4.55. The van der Waals surface area contributed by atoms with Crippen LogP contribution in [-0.4, -0.2) is 22.0 Å². The maximum absolute atomic E-state index is 12.0. The van der Waals surface area contributed by atoms with Crippen LogP contribution in [-0.2, 0) is 4.79 Å². The molecule has 6 nitrogen and oxygen atoms in total. The molecule has 0 fully saturated rings. The van der Waals surface area contributed by atoms with E-state index in [1.165, 1.54) is 6.33 Å². The van der Waals surface area contributed by atoms with Gasteiger partial charge in [-0.25, -0.2) is 9.97 Å². The molecule has 1 N–H and O–H groups in total. The molecule has 1 heterocycles. The summed E-state index contributed by atoms with van der Waals surface area (Å²) in [6.45, 7) is 0. The molecular formula is C22H15N3O3. The van der Waals surface area contributed by atoms with Crippen molar-refractivity contribution in [2.24, 2.45) is 0 Å². The van der Waals surface area contributed by atoms with Crippen LogP contribution < -0.4 is 10.1 Å². The zero-order valence-corrected chi connectivity index (χ0v) is 14.7. The Bertz CT molecular complexity index is 1140. The van der Waals surface area contributed by atoms with Crippen LogP contribution in [0.1, 0.15) is 10.4 Å². The van der Waals surface area contributed by atoms with Gasteiger partial charge >= 0.3 is 0 Å².